The lowest BCUT2D eigenvalue weighted by atomic mass is 9.98. The standard InChI is InChI=1S/C57H34N4S/c1-2-11-35(12-3-1)37-21-24-39(25-22-37)55-58-56(44-26-23-36-13-4-5-15-40(36)31-44)60-57(59-55)61-50-34-42-17-7-6-16-41(42)32-48(50)47-20-10-19-46(54(47)61)43-28-29-51-49(33-43)53-45-18-9-8-14-38(45)27-30-52(53)62-51/h1-34H. The lowest BCUT2D eigenvalue weighted by Crippen LogP contribution is -2.07. The van der Waals surface area contributed by atoms with Gasteiger partial charge in [0.2, 0.25) is 5.95 Å². The number of fused-ring (bicyclic) bond motifs is 10. The van der Waals surface area contributed by atoms with Crippen LogP contribution in [-0.2, 0) is 0 Å². The van der Waals surface area contributed by atoms with E-state index in [0.29, 0.717) is 17.6 Å². The van der Waals surface area contributed by atoms with Gasteiger partial charge in [0.15, 0.2) is 11.6 Å². The van der Waals surface area contributed by atoms with Crippen molar-refractivity contribution in [2.75, 3.05) is 0 Å². The number of hydrogen-bond donors (Lipinski definition) is 0. The molecule has 0 atom stereocenters. The summed E-state index contributed by atoms with van der Waals surface area (Å²) in [7, 11) is 0. The number of benzene rings is 10. The van der Waals surface area contributed by atoms with Crippen molar-refractivity contribution in [2.45, 2.75) is 0 Å². The zero-order chi connectivity index (χ0) is 40.7. The molecule has 0 aliphatic rings. The highest BCUT2D eigenvalue weighted by Crippen LogP contribution is 2.44. The number of rotatable bonds is 5. The Labute approximate surface area is 360 Å². The molecule has 288 valence electrons. The van der Waals surface area contributed by atoms with Gasteiger partial charge in [0, 0.05) is 47.6 Å². The molecule has 0 amide bonds. The number of thiophene rings is 1. The van der Waals surface area contributed by atoms with Crippen LogP contribution in [0.3, 0.4) is 0 Å². The van der Waals surface area contributed by atoms with Crippen molar-refractivity contribution in [3.63, 3.8) is 0 Å². The van der Waals surface area contributed by atoms with E-state index in [-0.39, 0.29) is 0 Å². The van der Waals surface area contributed by atoms with Crippen molar-refractivity contribution in [1.82, 2.24) is 19.5 Å². The van der Waals surface area contributed by atoms with E-state index in [1.807, 2.05) is 17.4 Å². The van der Waals surface area contributed by atoms with Crippen LogP contribution in [0.25, 0.3) is 125 Å². The fraction of sp³-hybridized carbons (Fsp3) is 0. The van der Waals surface area contributed by atoms with Crippen molar-refractivity contribution in [3.8, 4) is 51.0 Å². The van der Waals surface area contributed by atoms with Gasteiger partial charge in [-0.05, 0) is 85.4 Å². The van der Waals surface area contributed by atoms with E-state index in [9.17, 15) is 0 Å². The molecule has 0 bridgehead atoms. The second-order valence-electron chi connectivity index (χ2n) is 16.0. The van der Waals surface area contributed by atoms with Gasteiger partial charge < -0.3 is 0 Å². The molecule has 5 heteroatoms. The minimum Gasteiger partial charge on any atom is -0.277 e. The van der Waals surface area contributed by atoms with Gasteiger partial charge in [0.25, 0.3) is 0 Å². The summed E-state index contributed by atoms with van der Waals surface area (Å²) < 4.78 is 4.86. The van der Waals surface area contributed by atoms with E-state index in [4.69, 9.17) is 15.0 Å². The molecule has 10 aromatic carbocycles. The molecule has 3 heterocycles. The maximum atomic E-state index is 5.42. The zero-order valence-corrected chi connectivity index (χ0v) is 34.1. The highest BCUT2D eigenvalue weighted by atomic mass is 32.1. The Balaban J connectivity index is 1.10. The summed E-state index contributed by atoms with van der Waals surface area (Å²) in [4.78, 5) is 16.1. The van der Waals surface area contributed by atoms with Crippen molar-refractivity contribution in [2.24, 2.45) is 0 Å². The second-order valence-corrected chi connectivity index (χ2v) is 17.1. The molecule has 0 aliphatic carbocycles. The van der Waals surface area contributed by atoms with Crippen LogP contribution in [0.5, 0.6) is 0 Å². The van der Waals surface area contributed by atoms with Crippen LogP contribution in [0.1, 0.15) is 0 Å². The molecule has 0 saturated carbocycles. The van der Waals surface area contributed by atoms with Gasteiger partial charge in [-0.1, -0.05) is 170 Å². The lowest BCUT2D eigenvalue weighted by molar-refractivity contribution is 0.954. The highest BCUT2D eigenvalue weighted by molar-refractivity contribution is 7.26. The van der Waals surface area contributed by atoms with Crippen LogP contribution in [-0.4, -0.2) is 19.5 Å². The van der Waals surface area contributed by atoms with Crippen LogP contribution in [0.2, 0.25) is 0 Å². The first-order valence-corrected chi connectivity index (χ1v) is 21.7. The predicted molar refractivity (Wildman–Crippen MR) is 261 cm³/mol. The van der Waals surface area contributed by atoms with Gasteiger partial charge in [0.05, 0.1) is 11.0 Å². The minimum absolute atomic E-state index is 0.570. The Morgan fingerprint density at radius 3 is 1.76 bits per heavy atom. The van der Waals surface area contributed by atoms with Gasteiger partial charge in [-0.3, -0.25) is 4.57 Å². The van der Waals surface area contributed by atoms with Gasteiger partial charge >= 0.3 is 0 Å². The summed E-state index contributed by atoms with van der Waals surface area (Å²) in [5.74, 6) is 1.80. The molecule has 0 saturated heterocycles. The SMILES string of the molecule is c1ccc(-c2ccc(-c3nc(-c4ccc5ccccc5c4)nc(-n4c5cc6ccccc6cc5c5cccc(-c6ccc7sc8ccc9ccccc9c8c7c6)c54)n3)cc2)cc1. The van der Waals surface area contributed by atoms with E-state index in [2.05, 4.69) is 205 Å². The average Bonchev–Trinajstić information content (AvgIpc) is 3.88. The Morgan fingerprint density at radius 1 is 0.339 bits per heavy atom. The minimum atomic E-state index is 0.570. The third-order valence-electron chi connectivity index (χ3n) is 12.4. The van der Waals surface area contributed by atoms with E-state index in [1.54, 1.807) is 0 Å². The first-order valence-electron chi connectivity index (χ1n) is 20.9. The molecule has 0 radical (unpaired) electrons. The fourth-order valence-electron chi connectivity index (χ4n) is 9.40. The summed E-state index contributed by atoms with van der Waals surface area (Å²) in [6.07, 6.45) is 0. The average molecular weight is 807 g/mol. The van der Waals surface area contributed by atoms with Crippen molar-refractivity contribution < 1.29 is 0 Å². The number of nitrogens with zero attached hydrogens (tertiary/aromatic N) is 4. The third-order valence-corrected chi connectivity index (χ3v) is 13.5. The van der Waals surface area contributed by atoms with E-state index >= 15 is 0 Å². The van der Waals surface area contributed by atoms with Crippen LogP contribution in [0.4, 0.5) is 0 Å². The lowest BCUT2D eigenvalue weighted by Gasteiger charge is -2.14. The first kappa shape index (κ1) is 34.8. The normalized spacial score (nSPS) is 11.9. The largest absolute Gasteiger partial charge is 0.277 e. The molecule has 0 N–H and O–H groups in total. The fourth-order valence-corrected chi connectivity index (χ4v) is 10.5. The van der Waals surface area contributed by atoms with Gasteiger partial charge in [-0.15, -0.1) is 11.3 Å². The number of para-hydroxylation sites is 1. The van der Waals surface area contributed by atoms with E-state index < -0.39 is 0 Å². The molecule has 62 heavy (non-hydrogen) atoms. The maximum Gasteiger partial charge on any atom is 0.238 e. The maximum absolute atomic E-state index is 5.42. The first-order chi connectivity index (χ1) is 30.7. The number of aromatic nitrogens is 4. The third kappa shape index (κ3) is 5.56. The number of hydrogen-bond acceptors (Lipinski definition) is 4. The van der Waals surface area contributed by atoms with Crippen molar-refractivity contribution in [1.29, 1.82) is 0 Å². The molecule has 4 nitrogen and oxygen atoms in total. The quantitative estimate of drug-likeness (QED) is 0.174. The Kier molecular flexibility index (Phi) is 7.74. The molecular weight excluding hydrogens is 773 g/mol. The van der Waals surface area contributed by atoms with E-state index in [0.717, 1.165) is 60.4 Å². The van der Waals surface area contributed by atoms with Gasteiger partial charge in [-0.2, -0.15) is 9.97 Å². The molecule has 0 unspecified atom stereocenters. The summed E-state index contributed by atoms with van der Waals surface area (Å²) in [5.41, 5.74) is 8.52. The van der Waals surface area contributed by atoms with E-state index in [1.165, 1.54) is 47.3 Å². The summed E-state index contributed by atoms with van der Waals surface area (Å²) in [5, 5.41) is 12.1. The Bertz CT molecular complexity index is 3920. The van der Waals surface area contributed by atoms with Crippen LogP contribution >= 0.6 is 11.3 Å². The van der Waals surface area contributed by atoms with Crippen molar-refractivity contribution in [3.05, 3.63) is 206 Å². The highest BCUT2D eigenvalue weighted by Gasteiger charge is 2.22. The monoisotopic (exact) mass is 806 g/mol. The molecule has 0 spiro atoms. The van der Waals surface area contributed by atoms with Gasteiger partial charge in [0.1, 0.15) is 0 Å². The summed E-state index contributed by atoms with van der Waals surface area (Å²) in [6.45, 7) is 0. The topological polar surface area (TPSA) is 43.6 Å². The van der Waals surface area contributed by atoms with Crippen LogP contribution in [0.15, 0.2) is 206 Å². The molecule has 13 rings (SSSR count). The van der Waals surface area contributed by atoms with Crippen LogP contribution < -0.4 is 0 Å². The van der Waals surface area contributed by atoms with Crippen LogP contribution in [0, 0.1) is 0 Å². The Hall–Kier alpha value is -7.99. The predicted octanol–water partition coefficient (Wildman–Crippen LogP) is 15.5. The summed E-state index contributed by atoms with van der Waals surface area (Å²) >= 11 is 1.86. The Morgan fingerprint density at radius 2 is 0.935 bits per heavy atom. The van der Waals surface area contributed by atoms with Gasteiger partial charge in [-0.25, -0.2) is 4.98 Å². The molecule has 13 aromatic rings. The molecule has 0 fully saturated rings. The zero-order valence-electron chi connectivity index (χ0n) is 33.3. The molecular formula is C57H34N4S. The smallest absolute Gasteiger partial charge is 0.238 e. The second kappa shape index (κ2) is 13.8. The van der Waals surface area contributed by atoms with Crippen molar-refractivity contribution >= 4 is 85.6 Å². The summed E-state index contributed by atoms with van der Waals surface area (Å²) in [6, 6.07) is 74.0. The molecule has 0 aliphatic heterocycles. The molecule has 3 aromatic heterocycles.